The van der Waals surface area contributed by atoms with Gasteiger partial charge >= 0.3 is 5.69 Å². The molecule has 0 bridgehead atoms. The van der Waals surface area contributed by atoms with Gasteiger partial charge in [0.15, 0.2) is 0 Å². The first-order valence-corrected chi connectivity index (χ1v) is 5.77. The topological polar surface area (TPSA) is 77.8 Å². The van der Waals surface area contributed by atoms with Crippen LogP contribution < -0.4 is 16.6 Å². The van der Waals surface area contributed by atoms with Gasteiger partial charge in [-0.15, -0.1) is 0 Å². The molecule has 0 saturated carbocycles. The molecule has 5 heteroatoms. The predicted octanol–water partition coefficient (Wildman–Crippen LogP) is -0.00460. The molecule has 1 saturated heterocycles. The van der Waals surface area contributed by atoms with E-state index in [1.807, 2.05) is 0 Å². The molecule has 1 fully saturated rings. The summed E-state index contributed by atoms with van der Waals surface area (Å²) < 4.78 is 0. The molecule has 0 aliphatic carbocycles. The predicted molar refractivity (Wildman–Crippen MR) is 61.6 cm³/mol. The highest BCUT2D eigenvalue weighted by Gasteiger charge is 2.12. The number of hydrogen-bond acceptors (Lipinski definition) is 3. The van der Waals surface area contributed by atoms with Gasteiger partial charge in [0, 0.05) is 11.8 Å². The normalized spacial score (nSPS) is 17.5. The van der Waals surface area contributed by atoms with Gasteiger partial charge in [0.1, 0.15) is 0 Å². The van der Waals surface area contributed by atoms with Gasteiger partial charge < -0.3 is 10.3 Å². The smallest absolute Gasteiger partial charge is 0.317 e. The zero-order valence-corrected chi connectivity index (χ0v) is 9.21. The summed E-state index contributed by atoms with van der Waals surface area (Å²) in [6, 6.07) is 1.47. The van der Waals surface area contributed by atoms with Crippen molar-refractivity contribution < 1.29 is 0 Å². The molecule has 1 aromatic rings. The summed E-state index contributed by atoms with van der Waals surface area (Å²) in [4.78, 5) is 27.0. The highest BCUT2D eigenvalue weighted by atomic mass is 16.2. The van der Waals surface area contributed by atoms with Crippen LogP contribution in [0.15, 0.2) is 15.7 Å². The van der Waals surface area contributed by atoms with Crippen LogP contribution in [0.1, 0.15) is 25.0 Å². The molecule has 3 N–H and O–H groups in total. The highest BCUT2D eigenvalue weighted by Crippen LogP contribution is 2.17. The Balaban J connectivity index is 1.93. The third-order valence-corrected chi connectivity index (χ3v) is 3.10. The second-order valence-electron chi connectivity index (χ2n) is 4.35. The molecule has 0 amide bonds. The molecule has 88 valence electrons. The lowest BCUT2D eigenvalue weighted by atomic mass is 9.92. The number of aromatic nitrogens is 2. The van der Waals surface area contributed by atoms with E-state index >= 15 is 0 Å². The van der Waals surface area contributed by atoms with Gasteiger partial charge in [0.2, 0.25) is 0 Å². The Morgan fingerprint density at radius 2 is 1.94 bits per heavy atom. The Kier molecular flexibility index (Phi) is 3.56. The minimum atomic E-state index is -0.409. The zero-order chi connectivity index (χ0) is 11.4. The summed E-state index contributed by atoms with van der Waals surface area (Å²) in [5, 5.41) is 3.32. The number of piperidine rings is 1. The summed E-state index contributed by atoms with van der Waals surface area (Å²) in [6.07, 6.45) is 4.20. The average Bonchev–Trinajstić information content (AvgIpc) is 2.27. The van der Waals surface area contributed by atoms with Crippen molar-refractivity contribution in [3.63, 3.8) is 0 Å². The van der Waals surface area contributed by atoms with E-state index < -0.39 is 5.69 Å². The van der Waals surface area contributed by atoms with Crippen LogP contribution >= 0.6 is 0 Å². The fourth-order valence-corrected chi connectivity index (χ4v) is 2.18. The Morgan fingerprint density at radius 3 is 2.62 bits per heavy atom. The van der Waals surface area contributed by atoms with Crippen molar-refractivity contribution in [1.29, 1.82) is 0 Å². The second kappa shape index (κ2) is 5.12. The third-order valence-electron chi connectivity index (χ3n) is 3.10. The van der Waals surface area contributed by atoms with Crippen molar-refractivity contribution in [2.45, 2.75) is 25.7 Å². The summed E-state index contributed by atoms with van der Waals surface area (Å²) in [5.74, 6) is 0.712. The lowest BCUT2D eigenvalue weighted by Gasteiger charge is -2.22. The van der Waals surface area contributed by atoms with E-state index in [1.165, 1.54) is 18.9 Å². The van der Waals surface area contributed by atoms with Crippen LogP contribution in [-0.2, 0) is 6.42 Å². The summed E-state index contributed by atoms with van der Waals surface area (Å²) in [7, 11) is 0. The van der Waals surface area contributed by atoms with Crippen LogP contribution in [0.4, 0.5) is 0 Å². The van der Waals surface area contributed by atoms with Crippen LogP contribution in [0.25, 0.3) is 0 Å². The van der Waals surface area contributed by atoms with Crippen LogP contribution in [0.2, 0.25) is 0 Å². The number of rotatable bonds is 3. The van der Waals surface area contributed by atoms with Gasteiger partial charge in [-0.2, -0.15) is 0 Å². The Labute approximate surface area is 93.3 Å². The quantitative estimate of drug-likeness (QED) is 0.674. The largest absolute Gasteiger partial charge is 0.325 e. The van der Waals surface area contributed by atoms with Gasteiger partial charge in [-0.1, -0.05) is 0 Å². The number of aromatic amines is 2. The lowest BCUT2D eigenvalue weighted by Crippen LogP contribution is -2.28. The van der Waals surface area contributed by atoms with E-state index in [9.17, 15) is 9.59 Å². The van der Waals surface area contributed by atoms with E-state index in [2.05, 4.69) is 15.3 Å². The molecule has 0 aromatic carbocycles. The highest BCUT2D eigenvalue weighted by molar-refractivity contribution is 4.98. The Morgan fingerprint density at radius 1 is 1.19 bits per heavy atom. The number of aryl methyl sites for hydroxylation is 1. The monoisotopic (exact) mass is 223 g/mol. The van der Waals surface area contributed by atoms with E-state index in [1.54, 1.807) is 0 Å². The van der Waals surface area contributed by atoms with Crippen LogP contribution in [0, 0.1) is 5.92 Å². The van der Waals surface area contributed by atoms with Gasteiger partial charge in [-0.05, 0) is 44.7 Å². The van der Waals surface area contributed by atoms with Crippen molar-refractivity contribution in [3.8, 4) is 0 Å². The molecule has 1 aliphatic heterocycles. The fraction of sp³-hybridized carbons (Fsp3) is 0.636. The van der Waals surface area contributed by atoms with Crippen LogP contribution in [0.3, 0.4) is 0 Å². The molecule has 5 nitrogen and oxygen atoms in total. The first-order chi connectivity index (χ1) is 7.74. The summed E-state index contributed by atoms with van der Waals surface area (Å²) >= 11 is 0. The zero-order valence-electron chi connectivity index (χ0n) is 9.21. The molecule has 1 aromatic heterocycles. The van der Waals surface area contributed by atoms with Crippen molar-refractivity contribution in [3.05, 3.63) is 32.6 Å². The van der Waals surface area contributed by atoms with E-state index in [0.29, 0.717) is 5.92 Å². The molecule has 1 aliphatic rings. The Bertz CT molecular complexity index is 415. The van der Waals surface area contributed by atoms with Gasteiger partial charge in [0.25, 0.3) is 5.56 Å². The maximum atomic E-state index is 11.1. The molecule has 2 heterocycles. The van der Waals surface area contributed by atoms with E-state index in [0.717, 1.165) is 31.6 Å². The van der Waals surface area contributed by atoms with Crippen molar-refractivity contribution in [2.24, 2.45) is 5.92 Å². The van der Waals surface area contributed by atoms with Crippen LogP contribution in [0.5, 0.6) is 0 Å². The average molecular weight is 223 g/mol. The minimum Gasteiger partial charge on any atom is -0.317 e. The van der Waals surface area contributed by atoms with Crippen molar-refractivity contribution in [1.82, 2.24) is 15.3 Å². The molecule has 0 unspecified atom stereocenters. The van der Waals surface area contributed by atoms with Gasteiger partial charge in [-0.25, -0.2) is 4.79 Å². The number of H-pyrrole nitrogens is 2. The van der Waals surface area contributed by atoms with Crippen molar-refractivity contribution in [2.75, 3.05) is 13.1 Å². The standard InChI is InChI=1S/C11H17N3O2/c15-10-7-9(13-11(16)14-10)2-1-8-3-5-12-6-4-8/h7-8,12H,1-6H2,(H2,13,14,15,16). The van der Waals surface area contributed by atoms with E-state index in [4.69, 9.17) is 0 Å². The second-order valence-corrected chi connectivity index (χ2v) is 4.35. The number of nitrogens with one attached hydrogen (secondary N) is 3. The van der Waals surface area contributed by atoms with Crippen LogP contribution in [-0.4, -0.2) is 23.1 Å². The minimum absolute atomic E-state index is 0.316. The maximum Gasteiger partial charge on any atom is 0.325 e. The molecule has 0 spiro atoms. The molecular formula is C11H17N3O2. The summed E-state index contributed by atoms with van der Waals surface area (Å²) in [6.45, 7) is 2.16. The first kappa shape index (κ1) is 11.1. The lowest BCUT2D eigenvalue weighted by molar-refractivity contribution is 0.353. The van der Waals surface area contributed by atoms with E-state index in [-0.39, 0.29) is 5.56 Å². The maximum absolute atomic E-state index is 11.1. The summed E-state index contributed by atoms with van der Waals surface area (Å²) in [5.41, 5.74) is 0.0177. The molecule has 0 atom stereocenters. The molecular weight excluding hydrogens is 206 g/mol. The fourth-order valence-electron chi connectivity index (χ4n) is 2.18. The Hall–Kier alpha value is -1.36. The van der Waals surface area contributed by atoms with Gasteiger partial charge in [-0.3, -0.25) is 9.78 Å². The first-order valence-electron chi connectivity index (χ1n) is 5.77. The molecule has 2 rings (SSSR count). The SMILES string of the molecule is O=c1cc(CCC2CCNCC2)[nH]c(=O)[nH]1. The molecule has 16 heavy (non-hydrogen) atoms. The third kappa shape index (κ3) is 3.06. The van der Waals surface area contributed by atoms with Gasteiger partial charge in [0.05, 0.1) is 0 Å². The molecule has 0 radical (unpaired) electrons. The number of hydrogen-bond donors (Lipinski definition) is 3. The van der Waals surface area contributed by atoms with Crippen molar-refractivity contribution >= 4 is 0 Å².